The zero-order chi connectivity index (χ0) is 13.1. The third-order valence-electron chi connectivity index (χ3n) is 2.16. The summed E-state index contributed by atoms with van der Waals surface area (Å²) in [7, 11) is 0. The van der Waals surface area contributed by atoms with E-state index in [2.05, 4.69) is 15.9 Å². The van der Waals surface area contributed by atoms with Crippen molar-refractivity contribution in [2.75, 3.05) is 13.2 Å². The van der Waals surface area contributed by atoms with Crippen molar-refractivity contribution in [3.63, 3.8) is 0 Å². The second-order valence-corrected chi connectivity index (χ2v) is 4.32. The highest BCUT2D eigenvalue weighted by atomic mass is 79.9. The maximum atomic E-state index is 12.7. The molecule has 0 saturated heterocycles. The molecule has 0 heterocycles. The first kappa shape index (κ1) is 14.5. The highest BCUT2D eigenvalue weighted by Gasteiger charge is 2.35. The van der Waals surface area contributed by atoms with Crippen LogP contribution in [0.15, 0.2) is 22.7 Å². The molecule has 96 valence electrons. The van der Waals surface area contributed by atoms with Gasteiger partial charge < -0.3 is 9.84 Å². The minimum atomic E-state index is -4.49. The molecule has 1 aromatic rings. The fourth-order valence-corrected chi connectivity index (χ4v) is 1.74. The van der Waals surface area contributed by atoms with Gasteiger partial charge in [0.1, 0.15) is 6.10 Å². The zero-order valence-electron chi connectivity index (χ0n) is 9.09. The predicted octanol–water partition coefficient (Wildman–Crippen LogP) is 3.54. The van der Waals surface area contributed by atoms with E-state index in [1.807, 2.05) is 0 Å². The fourth-order valence-electron chi connectivity index (χ4n) is 1.38. The first-order chi connectivity index (χ1) is 7.86. The van der Waals surface area contributed by atoms with Gasteiger partial charge in [-0.15, -0.1) is 0 Å². The molecule has 0 aliphatic carbocycles. The van der Waals surface area contributed by atoms with Gasteiger partial charge in [-0.2, -0.15) is 13.2 Å². The molecule has 0 bridgehead atoms. The van der Waals surface area contributed by atoms with Crippen LogP contribution in [0.1, 0.15) is 24.2 Å². The second-order valence-electron chi connectivity index (χ2n) is 3.40. The number of benzene rings is 1. The molecule has 6 heteroatoms. The number of aliphatic hydroxyl groups excluding tert-OH is 1. The summed E-state index contributed by atoms with van der Waals surface area (Å²) in [6.07, 6.45) is -5.77. The van der Waals surface area contributed by atoms with Gasteiger partial charge in [-0.3, -0.25) is 0 Å². The van der Waals surface area contributed by atoms with Crippen molar-refractivity contribution in [1.29, 1.82) is 0 Å². The van der Waals surface area contributed by atoms with Crippen LogP contribution in [0.25, 0.3) is 0 Å². The Morgan fingerprint density at radius 1 is 1.41 bits per heavy atom. The number of aliphatic hydroxyl groups is 1. The van der Waals surface area contributed by atoms with Crippen molar-refractivity contribution in [1.82, 2.24) is 0 Å². The van der Waals surface area contributed by atoms with Crippen LogP contribution in [0.4, 0.5) is 13.2 Å². The van der Waals surface area contributed by atoms with Gasteiger partial charge in [-0.25, -0.2) is 0 Å². The quantitative estimate of drug-likeness (QED) is 0.921. The molecule has 1 atom stereocenters. The van der Waals surface area contributed by atoms with Crippen molar-refractivity contribution in [3.8, 4) is 0 Å². The number of rotatable bonds is 4. The van der Waals surface area contributed by atoms with Gasteiger partial charge in [0.15, 0.2) is 0 Å². The summed E-state index contributed by atoms with van der Waals surface area (Å²) in [4.78, 5) is 0. The molecule has 0 amide bonds. The summed E-state index contributed by atoms with van der Waals surface area (Å²) >= 11 is 2.98. The van der Waals surface area contributed by atoms with Crippen LogP contribution < -0.4 is 0 Å². The Labute approximate surface area is 106 Å². The van der Waals surface area contributed by atoms with Gasteiger partial charge in [-0.05, 0) is 24.6 Å². The van der Waals surface area contributed by atoms with Crippen LogP contribution in [-0.2, 0) is 10.9 Å². The average molecular weight is 313 g/mol. The van der Waals surface area contributed by atoms with E-state index in [4.69, 9.17) is 4.74 Å². The van der Waals surface area contributed by atoms with E-state index < -0.39 is 17.8 Å². The zero-order valence-corrected chi connectivity index (χ0v) is 10.7. The number of alkyl halides is 3. The first-order valence-electron chi connectivity index (χ1n) is 4.98. The number of hydrogen-bond acceptors (Lipinski definition) is 2. The molecular formula is C11H12BrF3O2. The van der Waals surface area contributed by atoms with Gasteiger partial charge >= 0.3 is 6.18 Å². The van der Waals surface area contributed by atoms with E-state index in [0.717, 1.165) is 6.07 Å². The van der Waals surface area contributed by atoms with Crippen molar-refractivity contribution in [2.24, 2.45) is 0 Å². The normalized spacial score (nSPS) is 13.8. The van der Waals surface area contributed by atoms with Crippen molar-refractivity contribution in [2.45, 2.75) is 19.2 Å². The standard InChI is InChI=1S/C11H12BrF3O2/c1-2-17-6-10(16)8-4-3-7(12)5-9(8)11(13,14)15/h3-5,10,16H,2,6H2,1H3. The molecule has 1 rings (SSSR count). The topological polar surface area (TPSA) is 29.5 Å². The maximum Gasteiger partial charge on any atom is 0.416 e. The monoisotopic (exact) mass is 312 g/mol. The highest BCUT2D eigenvalue weighted by molar-refractivity contribution is 9.10. The van der Waals surface area contributed by atoms with Gasteiger partial charge in [0.25, 0.3) is 0 Å². The minimum Gasteiger partial charge on any atom is -0.386 e. The largest absolute Gasteiger partial charge is 0.416 e. The van der Waals surface area contributed by atoms with E-state index in [1.54, 1.807) is 6.92 Å². The molecule has 1 N–H and O–H groups in total. The predicted molar refractivity (Wildman–Crippen MR) is 60.6 cm³/mol. The van der Waals surface area contributed by atoms with Crippen LogP contribution in [0.3, 0.4) is 0 Å². The lowest BCUT2D eigenvalue weighted by molar-refractivity contribution is -0.139. The van der Waals surface area contributed by atoms with Gasteiger partial charge in [-0.1, -0.05) is 22.0 Å². The molecule has 0 radical (unpaired) electrons. The van der Waals surface area contributed by atoms with Crippen LogP contribution >= 0.6 is 15.9 Å². The molecule has 17 heavy (non-hydrogen) atoms. The van der Waals surface area contributed by atoms with E-state index in [9.17, 15) is 18.3 Å². The van der Waals surface area contributed by atoms with Gasteiger partial charge in [0.2, 0.25) is 0 Å². The van der Waals surface area contributed by atoms with Crippen LogP contribution in [0.2, 0.25) is 0 Å². The van der Waals surface area contributed by atoms with Crippen LogP contribution in [0.5, 0.6) is 0 Å². The lowest BCUT2D eigenvalue weighted by atomic mass is 10.0. The molecule has 0 aromatic heterocycles. The molecule has 0 aliphatic heterocycles. The maximum absolute atomic E-state index is 12.7. The smallest absolute Gasteiger partial charge is 0.386 e. The van der Waals surface area contributed by atoms with Crippen LogP contribution in [0, 0.1) is 0 Å². The summed E-state index contributed by atoms with van der Waals surface area (Å²) in [6, 6.07) is 3.65. The Morgan fingerprint density at radius 2 is 2.06 bits per heavy atom. The fraction of sp³-hybridized carbons (Fsp3) is 0.455. The number of hydrogen-bond donors (Lipinski definition) is 1. The lowest BCUT2D eigenvalue weighted by Crippen LogP contribution is -2.15. The molecule has 0 spiro atoms. The molecular weight excluding hydrogens is 301 g/mol. The summed E-state index contributed by atoms with van der Waals surface area (Å²) in [6.45, 7) is 1.90. The molecule has 0 fully saturated rings. The van der Waals surface area contributed by atoms with Crippen molar-refractivity contribution >= 4 is 15.9 Å². The molecule has 1 aromatic carbocycles. The number of ether oxygens (including phenoxy) is 1. The van der Waals surface area contributed by atoms with Crippen LogP contribution in [-0.4, -0.2) is 18.3 Å². The summed E-state index contributed by atoms with van der Waals surface area (Å²) in [5.41, 5.74) is -1.02. The van der Waals surface area contributed by atoms with E-state index in [1.165, 1.54) is 12.1 Å². The molecule has 0 saturated carbocycles. The SMILES string of the molecule is CCOCC(O)c1ccc(Br)cc1C(F)(F)F. The summed E-state index contributed by atoms with van der Waals surface area (Å²) < 4.78 is 43.4. The Morgan fingerprint density at radius 3 is 2.59 bits per heavy atom. The van der Waals surface area contributed by atoms with Crippen molar-refractivity contribution < 1.29 is 23.0 Å². The Balaban J connectivity index is 3.06. The Bertz CT molecular complexity index is 379. The third-order valence-corrected chi connectivity index (χ3v) is 2.65. The van der Waals surface area contributed by atoms with E-state index >= 15 is 0 Å². The molecule has 1 unspecified atom stereocenters. The summed E-state index contributed by atoms with van der Waals surface area (Å²) in [5, 5.41) is 9.65. The Hall–Kier alpha value is -0.590. The summed E-state index contributed by atoms with van der Waals surface area (Å²) in [5.74, 6) is 0. The van der Waals surface area contributed by atoms with E-state index in [0.29, 0.717) is 11.1 Å². The molecule has 0 aliphatic rings. The minimum absolute atomic E-state index is 0.152. The van der Waals surface area contributed by atoms with Crippen molar-refractivity contribution in [3.05, 3.63) is 33.8 Å². The second kappa shape index (κ2) is 5.84. The molecule has 2 nitrogen and oxygen atoms in total. The van der Waals surface area contributed by atoms with Gasteiger partial charge in [0, 0.05) is 11.1 Å². The highest BCUT2D eigenvalue weighted by Crippen LogP contribution is 2.36. The lowest BCUT2D eigenvalue weighted by Gasteiger charge is -2.17. The third kappa shape index (κ3) is 3.97. The Kier molecular flexibility index (Phi) is 4.97. The van der Waals surface area contributed by atoms with Gasteiger partial charge in [0.05, 0.1) is 12.2 Å². The number of halogens is 4. The first-order valence-corrected chi connectivity index (χ1v) is 5.78. The average Bonchev–Trinajstić information content (AvgIpc) is 2.24. The van der Waals surface area contributed by atoms with E-state index in [-0.39, 0.29) is 12.2 Å².